The highest BCUT2D eigenvalue weighted by Gasteiger charge is 2.13. The summed E-state index contributed by atoms with van der Waals surface area (Å²) >= 11 is 3.38. The van der Waals surface area contributed by atoms with Crippen LogP contribution in [0.5, 0.6) is 0 Å². The van der Waals surface area contributed by atoms with E-state index in [0.29, 0.717) is 12.0 Å². The Kier molecular flexibility index (Phi) is 5.20. The molecule has 20 heavy (non-hydrogen) atoms. The summed E-state index contributed by atoms with van der Waals surface area (Å²) in [6.07, 6.45) is 3.96. The van der Waals surface area contributed by atoms with Crippen LogP contribution in [0, 0.1) is 11.6 Å². The van der Waals surface area contributed by atoms with Crippen LogP contribution < -0.4 is 5.32 Å². The molecular formula is C15H15BrF2N2. The third-order valence-electron chi connectivity index (χ3n) is 2.94. The third kappa shape index (κ3) is 4.08. The van der Waals surface area contributed by atoms with Crippen molar-refractivity contribution < 1.29 is 8.78 Å². The summed E-state index contributed by atoms with van der Waals surface area (Å²) in [4.78, 5) is 4.13. The van der Waals surface area contributed by atoms with E-state index < -0.39 is 11.6 Å². The predicted octanol–water partition coefficient (Wildman–Crippen LogP) is 4.02. The number of hydrogen-bond donors (Lipinski definition) is 1. The summed E-state index contributed by atoms with van der Waals surface area (Å²) in [5, 5.41) is 3.31. The number of likely N-dealkylation sites (N-methyl/N-ethyl adjacent to an activating group) is 1. The number of nitrogens with zero attached hydrogens (tertiary/aromatic N) is 1. The number of nitrogens with one attached hydrogen (secondary N) is 1. The van der Waals surface area contributed by atoms with Gasteiger partial charge in [-0.3, -0.25) is 4.98 Å². The van der Waals surface area contributed by atoms with E-state index in [-0.39, 0.29) is 6.04 Å². The Balaban J connectivity index is 2.25. The molecule has 0 spiro atoms. The predicted molar refractivity (Wildman–Crippen MR) is 78.4 cm³/mol. The summed E-state index contributed by atoms with van der Waals surface area (Å²) in [5.41, 5.74) is 1.60. The maximum atomic E-state index is 13.3. The molecule has 5 heteroatoms. The molecule has 0 aliphatic heterocycles. The Morgan fingerprint density at radius 2 is 1.85 bits per heavy atom. The molecule has 2 nitrogen and oxygen atoms in total. The van der Waals surface area contributed by atoms with Gasteiger partial charge in [0.25, 0.3) is 0 Å². The van der Waals surface area contributed by atoms with E-state index in [1.165, 1.54) is 12.1 Å². The van der Waals surface area contributed by atoms with Crippen LogP contribution in [0.15, 0.2) is 41.1 Å². The van der Waals surface area contributed by atoms with E-state index in [0.717, 1.165) is 22.6 Å². The van der Waals surface area contributed by atoms with Crippen molar-refractivity contribution in [3.05, 3.63) is 63.9 Å². The van der Waals surface area contributed by atoms with Gasteiger partial charge in [-0.25, -0.2) is 8.78 Å². The second-order valence-corrected chi connectivity index (χ2v) is 5.44. The SMILES string of the molecule is CCNC(Cc1cc(F)cc(F)c1)c1cncc(Br)c1. The lowest BCUT2D eigenvalue weighted by molar-refractivity contribution is 0.537. The molecule has 0 fully saturated rings. The van der Waals surface area contributed by atoms with E-state index in [4.69, 9.17) is 0 Å². The van der Waals surface area contributed by atoms with Gasteiger partial charge < -0.3 is 5.32 Å². The van der Waals surface area contributed by atoms with E-state index >= 15 is 0 Å². The number of halogens is 3. The average Bonchev–Trinajstić information content (AvgIpc) is 2.37. The van der Waals surface area contributed by atoms with Crippen molar-refractivity contribution in [1.82, 2.24) is 10.3 Å². The Labute approximate surface area is 125 Å². The zero-order valence-corrected chi connectivity index (χ0v) is 12.6. The molecule has 0 radical (unpaired) electrons. The first-order valence-corrected chi connectivity index (χ1v) is 7.16. The van der Waals surface area contributed by atoms with Crippen molar-refractivity contribution in [2.75, 3.05) is 6.54 Å². The number of rotatable bonds is 5. The van der Waals surface area contributed by atoms with Gasteiger partial charge in [0.1, 0.15) is 11.6 Å². The number of hydrogen-bond acceptors (Lipinski definition) is 2. The summed E-state index contributed by atoms with van der Waals surface area (Å²) < 4.78 is 27.4. The molecular weight excluding hydrogens is 326 g/mol. The van der Waals surface area contributed by atoms with E-state index in [1.807, 2.05) is 13.0 Å². The lowest BCUT2D eigenvalue weighted by Crippen LogP contribution is -2.23. The van der Waals surface area contributed by atoms with E-state index in [2.05, 4.69) is 26.2 Å². The summed E-state index contributed by atoms with van der Waals surface area (Å²) in [6.45, 7) is 2.75. The molecule has 0 amide bonds. The van der Waals surface area contributed by atoms with Gasteiger partial charge in [0, 0.05) is 29.0 Å². The zero-order valence-electron chi connectivity index (χ0n) is 11.0. The Morgan fingerprint density at radius 3 is 2.45 bits per heavy atom. The Morgan fingerprint density at radius 1 is 1.15 bits per heavy atom. The monoisotopic (exact) mass is 340 g/mol. The standard InChI is InChI=1S/C15H15BrF2N2/c1-2-20-15(11-6-12(16)9-19-8-11)5-10-3-13(17)7-14(18)4-10/h3-4,6-9,15,20H,2,5H2,1H3. The minimum Gasteiger partial charge on any atom is -0.310 e. The zero-order chi connectivity index (χ0) is 14.5. The summed E-state index contributed by atoms with van der Waals surface area (Å²) in [6, 6.07) is 5.52. The first kappa shape index (κ1) is 15.1. The van der Waals surface area contributed by atoms with Crippen LogP contribution in [0.4, 0.5) is 8.78 Å². The highest BCUT2D eigenvalue weighted by Crippen LogP contribution is 2.21. The van der Waals surface area contributed by atoms with Crippen LogP contribution >= 0.6 is 15.9 Å². The van der Waals surface area contributed by atoms with Crippen molar-refractivity contribution in [3.8, 4) is 0 Å². The topological polar surface area (TPSA) is 24.9 Å². The van der Waals surface area contributed by atoms with E-state index in [1.54, 1.807) is 12.4 Å². The van der Waals surface area contributed by atoms with Gasteiger partial charge in [-0.2, -0.15) is 0 Å². The van der Waals surface area contributed by atoms with Crippen LogP contribution in [0.3, 0.4) is 0 Å². The first-order valence-electron chi connectivity index (χ1n) is 6.37. The van der Waals surface area contributed by atoms with Gasteiger partial charge >= 0.3 is 0 Å². The van der Waals surface area contributed by atoms with Gasteiger partial charge in [0.05, 0.1) is 0 Å². The van der Waals surface area contributed by atoms with E-state index in [9.17, 15) is 8.78 Å². The second-order valence-electron chi connectivity index (χ2n) is 4.53. The van der Waals surface area contributed by atoms with Gasteiger partial charge in [-0.05, 0) is 58.2 Å². The number of pyridine rings is 1. The smallest absolute Gasteiger partial charge is 0.126 e. The van der Waals surface area contributed by atoms with Gasteiger partial charge in [0.15, 0.2) is 0 Å². The molecule has 0 saturated carbocycles. The summed E-state index contributed by atoms with van der Waals surface area (Å²) in [5.74, 6) is -1.11. The Hall–Kier alpha value is -1.33. The van der Waals surface area contributed by atoms with Crippen LogP contribution in [-0.2, 0) is 6.42 Å². The molecule has 2 aromatic rings. The highest BCUT2D eigenvalue weighted by atomic mass is 79.9. The van der Waals surface area contributed by atoms with Gasteiger partial charge in [-0.15, -0.1) is 0 Å². The average molecular weight is 341 g/mol. The van der Waals surface area contributed by atoms with Gasteiger partial charge in [-0.1, -0.05) is 6.92 Å². The maximum Gasteiger partial charge on any atom is 0.126 e. The van der Waals surface area contributed by atoms with Crippen molar-refractivity contribution in [2.45, 2.75) is 19.4 Å². The molecule has 0 aliphatic carbocycles. The molecule has 0 aliphatic rings. The third-order valence-corrected chi connectivity index (χ3v) is 3.37. The van der Waals surface area contributed by atoms with Crippen molar-refractivity contribution in [2.24, 2.45) is 0 Å². The molecule has 1 heterocycles. The maximum absolute atomic E-state index is 13.3. The van der Waals surface area contributed by atoms with Crippen molar-refractivity contribution in [3.63, 3.8) is 0 Å². The molecule has 0 bridgehead atoms. The van der Waals surface area contributed by atoms with Crippen LogP contribution in [0.25, 0.3) is 0 Å². The minimum absolute atomic E-state index is 0.0359. The molecule has 1 aromatic carbocycles. The van der Waals surface area contributed by atoms with Gasteiger partial charge in [0.2, 0.25) is 0 Å². The molecule has 1 N–H and O–H groups in total. The highest BCUT2D eigenvalue weighted by molar-refractivity contribution is 9.10. The first-order chi connectivity index (χ1) is 9.58. The summed E-state index contributed by atoms with van der Waals surface area (Å²) in [7, 11) is 0. The van der Waals surface area contributed by atoms with Crippen LogP contribution in [-0.4, -0.2) is 11.5 Å². The number of aromatic nitrogens is 1. The lowest BCUT2D eigenvalue weighted by atomic mass is 10.00. The molecule has 1 atom stereocenters. The lowest BCUT2D eigenvalue weighted by Gasteiger charge is -2.18. The largest absolute Gasteiger partial charge is 0.310 e. The van der Waals surface area contributed by atoms with Crippen molar-refractivity contribution in [1.29, 1.82) is 0 Å². The van der Waals surface area contributed by atoms with Crippen LogP contribution in [0.1, 0.15) is 24.1 Å². The molecule has 2 rings (SSSR count). The molecule has 1 aromatic heterocycles. The number of benzene rings is 1. The fourth-order valence-corrected chi connectivity index (χ4v) is 2.52. The van der Waals surface area contributed by atoms with Crippen LogP contribution in [0.2, 0.25) is 0 Å². The molecule has 106 valence electrons. The van der Waals surface area contributed by atoms with Crippen molar-refractivity contribution >= 4 is 15.9 Å². The molecule has 0 saturated heterocycles. The molecule has 1 unspecified atom stereocenters. The quantitative estimate of drug-likeness (QED) is 0.889. The minimum atomic E-state index is -0.553. The fourth-order valence-electron chi connectivity index (χ4n) is 2.14. The Bertz CT molecular complexity index is 570. The second kappa shape index (κ2) is 6.90. The fraction of sp³-hybridized carbons (Fsp3) is 0.267. The normalized spacial score (nSPS) is 12.4.